The summed E-state index contributed by atoms with van der Waals surface area (Å²) in [6.07, 6.45) is -3.03. The van der Waals surface area contributed by atoms with Crippen LogP contribution in [-0.2, 0) is 6.54 Å². The summed E-state index contributed by atoms with van der Waals surface area (Å²) in [5, 5.41) is 3.81. The summed E-state index contributed by atoms with van der Waals surface area (Å²) < 4.78 is 37.7. The summed E-state index contributed by atoms with van der Waals surface area (Å²) in [6.45, 7) is 0.935. The molecular formula is C9H13F3N4O. The number of hydrogen-bond acceptors (Lipinski definition) is 3. The molecule has 0 atom stereocenters. The Hall–Kier alpha value is -1.73. The van der Waals surface area contributed by atoms with Crippen LogP contribution < -0.4 is 5.73 Å². The number of nitrogens with zero attached hydrogens (tertiary/aromatic N) is 3. The van der Waals surface area contributed by atoms with E-state index in [1.165, 1.54) is 10.9 Å². The van der Waals surface area contributed by atoms with Crippen molar-refractivity contribution in [3.05, 3.63) is 11.9 Å². The lowest BCUT2D eigenvalue weighted by Crippen LogP contribution is -2.36. The van der Waals surface area contributed by atoms with Gasteiger partial charge in [0.1, 0.15) is 6.54 Å². The van der Waals surface area contributed by atoms with Crippen molar-refractivity contribution in [3.8, 4) is 0 Å². The number of alkyl halides is 3. The van der Waals surface area contributed by atoms with Crippen molar-refractivity contribution in [3.63, 3.8) is 0 Å². The topological polar surface area (TPSA) is 64.2 Å². The lowest BCUT2D eigenvalue weighted by Gasteiger charge is -2.17. The maximum Gasteiger partial charge on any atom is 0.406 e. The molecule has 0 fully saturated rings. The average Bonchev–Trinajstić information content (AvgIpc) is 2.56. The van der Waals surface area contributed by atoms with E-state index in [0.717, 1.165) is 7.05 Å². The van der Waals surface area contributed by atoms with E-state index >= 15 is 0 Å². The summed E-state index contributed by atoms with van der Waals surface area (Å²) in [5.41, 5.74) is 5.43. The summed E-state index contributed by atoms with van der Waals surface area (Å²) >= 11 is 0. The van der Waals surface area contributed by atoms with E-state index in [-0.39, 0.29) is 11.4 Å². The van der Waals surface area contributed by atoms with Crippen LogP contribution in [-0.4, -0.2) is 40.4 Å². The van der Waals surface area contributed by atoms with Crippen molar-refractivity contribution >= 4 is 11.6 Å². The zero-order chi connectivity index (χ0) is 13.2. The second kappa shape index (κ2) is 4.64. The first-order chi connectivity index (χ1) is 7.74. The van der Waals surface area contributed by atoms with Crippen LogP contribution in [0.15, 0.2) is 6.20 Å². The lowest BCUT2D eigenvalue weighted by molar-refractivity contribution is -0.138. The van der Waals surface area contributed by atoms with Crippen molar-refractivity contribution in [1.82, 2.24) is 14.7 Å². The van der Waals surface area contributed by atoms with Crippen molar-refractivity contribution in [2.75, 3.05) is 19.3 Å². The first kappa shape index (κ1) is 13.3. The number of amides is 1. The number of aromatic nitrogens is 2. The molecule has 0 spiro atoms. The second-order valence-electron chi connectivity index (χ2n) is 3.57. The van der Waals surface area contributed by atoms with Crippen LogP contribution in [0.25, 0.3) is 0 Å². The van der Waals surface area contributed by atoms with Crippen LogP contribution in [0.4, 0.5) is 18.9 Å². The van der Waals surface area contributed by atoms with Crippen molar-refractivity contribution in [2.24, 2.45) is 0 Å². The van der Waals surface area contributed by atoms with Gasteiger partial charge < -0.3 is 10.6 Å². The fraction of sp³-hybridized carbons (Fsp3) is 0.556. The van der Waals surface area contributed by atoms with Crippen molar-refractivity contribution in [2.45, 2.75) is 19.6 Å². The minimum Gasteiger partial charge on any atom is -0.396 e. The first-order valence-electron chi connectivity index (χ1n) is 4.89. The Balaban J connectivity index is 2.85. The Kier molecular flexibility index (Phi) is 3.64. The minimum atomic E-state index is -4.44. The summed E-state index contributed by atoms with van der Waals surface area (Å²) in [5.74, 6) is -0.841. The van der Waals surface area contributed by atoms with E-state index in [9.17, 15) is 18.0 Å². The minimum absolute atomic E-state index is 0.0749. The molecule has 1 aromatic heterocycles. The molecule has 0 aliphatic heterocycles. The highest BCUT2D eigenvalue weighted by Gasteiger charge is 2.32. The Morgan fingerprint density at radius 2 is 2.18 bits per heavy atom. The van der Waals surface area contributed by atoms with E-state index in [1.807, 2.05) is 0 Å². The molecular weight excluding hydrogens is 237 g/mol. The van der Waals surface area contributed by atoms with Crippen LogP contribution in [0.3, 0.4) is 0 Å². The van der Waals surface area contributed by atoms with E-state index in [0.29, 0.717) is 11.4 Å². The molecule has 0 aromatic carbocycles. The van der Waals surface area contributed by atoms with Gasteiger partial charge in [0.2, 0.25) is 0 Å². The number of nitrogen functional groups attached to an aromatic ring is 1. The molecule has 0 aliphatic rings. The molecule has 0 unspecified atom stereocenters. The third-order valence-electron chi connectivity index (χ3n) is 2.08. The predicted molar refractivity (Wildman–Crippen MR) is 55.3 cm³/mol. The second-order valence-corrected chi connectivity index (χ2v) is 3.57. The molecule has 0 saturated carbocycles. The van der Waals surface area contributed by atoms with Gasteiger partial charge in [-0.15, -0.1) is 0 Å². The highest BCUT2D eigenvalue weighted by atomic mass is 19.4. The number of rotatable bonds is 3. The SMILES string of the molecule is CCn1cc(N)c(C(=O)N(C)CC(F)(F)F)n1. The normalized spacial score (nSPS) is 11.6. The van der Waals surface area contributed by atoms with Gasteiger partial charge in [-0.1, -0.05) is 0 Å². The van der Waals surface area contributed by atoms with Crippen LogP contribution in [0.1, 0.15) is 17.4 Å². The Morgan fingerprint density at radius 1 is 1.59 bits per heavy atom. The molecule has 0 bridgehead atoms. The van der Waals surface area contributed by atoms with Crippen LogP contribution in [0.5, 0.6) is 0 Å². The lowest BCUT2D eigenvalue weighted by atomic mass is 10.3. The van der Waals surface area contributed by atoms with Crippen LogP contribution >= 0.6 is 0 Å². The number of carbonyl (C=O) groups is 1. The first-order valence-corrected chi connectivity index (χ1v) is 4.89. The number of nitrogens with two attached hydrogens (primary N) is 1. The van der Waals surface area contributed by atoms with Gasteiger partial charge in [0.25, 0.3) is 5.91 Å². The molecule has 96 valence electrons. The Bertz CT molecular complexity index is 413. The molecule has 1 aromatic rings. The van der Waals surface area contributed by atoms with Gasteiger partial charge >= 0.3 is 6.18 Å². The maximum atomic E-state index is 12.1. The smallest absolute Gasteiger partial charge is 0.396 e. The molecule has 17 heavy (non-hydrogen) atoms. The molecule has 0 radical (unpaired) electrons. The highest BCUT2D eigenvalue weighted by Crippen LogP contribution is 2.18. The average molecular weight is 250 g/mol. The zero-order valence-electron chi connectivity index (χ0n) is 9.45. The Labute approximate surface area is 96.0 Å². The van der Waals surface area contributed by atoms with Crippen LogP contribution in [0.2, 0.25) is 0 Å². The summed E-state index contributed by atoms with van der Waals surface area (Å²) in [6, 6.07) is 0. The van der Waals surface area contributed by atoms with Crippen molar-refractivity contribution in [1.29, 1.82) is 0 Å². The third kappa shape index (κ3) is 3.36. The van der Waals surface area contributed by atoms with Gasteiger partial charge in [-0.25, -0.2) is 0 Å². The third-order valence-corrected chi connectivity index (χ3v) is 2.08. The fourth-order valence-corrected chi connectivity index (χ4v) is 1.29. The van der Waals surface area contributed by atoms with Gasteiger partial charge in [0.05, 0.1) is 5.69 Å². The summed E-state index contributed by atoms with van der Waals surface area (Å²) in [4.78, 5) is 12.2. The zero-order valence-corrected chi connectivity index (χ0v) is 9.45. The molecule has 1 heterocycles. The summed E-state index contributed by atoms with van der Waals surface area (Å²) in [7, 11) is 1.06. The molecule has 8 heteroatoms. The molecule has 2 N–H and O–H groups in total. The van der Waals surface area contributed by atoms with Gasteiger partial charge in [-0.2, -0.15) is 18.3 Å². The Morgan fingerprint density at radius 3 is 2.59 bits per heavy atom. The largest absolute Gasteiger partial charge is 0.406 e. The molecule has 5 nitrogen and oxygen atoms in total. The van der Waals surface area contributed by atoms with E-state index in [4.69, 9.17) is 5.73 Å². The van der Waals surface area contributed by atoms with Gasteiger partial charge in [-0.05, 0) is 6.92 Å². The van der Waals surface area contributed by atoms with E-state index in [1.54, 1.807) is 6.92 Å². The van der Waals surface area contributed by atoms with Gasteiger partial charge in [0.15, 0.2) is 5.69 Å². The number of aryl methyl sites for hydroxylation is 1. The number of anilines is 1. The monoisotopic (exact) mass is 250 g/mol. The maximum absolute atomic E-state index is 12.1. The van der Waals surface area contributed by atoms with Gasteiger partial charge in [0, 0.05) is 19.8 Å². The van der Waals surface area contributed by atoms with Crippen LogP contribution in [0, 0.1) is 0 Å². The fourth-order valence-electron chi connectivity index (χ4n) is 1.29. The highest BCUT2D eigenvalue weighted by molar-refractivity contribution is 5.96. The predicted octanol–water partition coefficient (Wildman–Crippen LogP) is 1.12. The molecule has 1 amide bonds. The van der Waals surface area contributed by atoms with Crippen molar-refractivity contribution < 1.29 is 18.0 Å². The molecule has 0 aliphatic carbocycles. The van der Waals surface area contributed by atoms with Gasteiger partial charge in [-0.3, -0.25) is 9.48 Å². The quantitative estimate of drug-likeness (QED) is 0.874. The number of halogens is 3. The standard InChI is InChI=1S/C9H13F3N4O/c1-3-16-4-6(13)7(14-16)8(17)15(2)5-9(10,11)12/h4H,3,5,13H2,1-2H3. The van der Waals surface area contributed by atoms with E-state index < -0.39 is 18.6 Å². The molecule has 1 rings (SSSR count). The number of hydrogen-bond donors (Lipinski definition) is 1. The molecule has 0 saturated heterocycles. The number of carbonyl (C=O) groups excluding carboxylic acids is 1. The van der Waals surface area contributed by atoms with E-state index in [2.05, 4.69) is 5.10 Å².